The molecule has 0 heterocycles. The van der Waals surface area contributed by atoms with Gasteiger partial charge in [-0.2, -0.15) is 0 Å². The van der Waals surface area contributed by atoms with E-state index in [2.05, 4.69) is 47.6 Å². The van der Waals surface area contributed by atoms with Gasteiger partial charge in [-0.15, -0.1) is 0 Å². The second-order valence-corrected chi connectivity index (χ2v) is 7.18. The van der Waals surface area contributed by atoms with E-state index in [1.807, 2.05) is 12.4 Å². The van der Waals surface area contributed by atoms with Gasteiger partial charge in [-0.25, -0.2) is 0 Å². The van der Waals surface area contributed by atoms with Crippen LogP contribution in [0.15, 0.2) is 12.1 Å². The number of hydrogen-bond donors (Lipinski definition) is 1. The summed E-state index contributed by atoms with van der Waals surface area (Å²) in [6.45, 7) is 12.7. The normalized spacial score (nSPS) is 12.5. The van der Waals surface area contributed by atoms with Gasteiger partial charge in [0.15, 0.2) is 6.29 Å². The molecule has 105 valence electrons. The SMILES string of the molecule is CC(C)(C)c1cc(CC[C]=O)c(O)c(C(C)(C)C)c1. The minimum Gasteiger partial charge on any atom is -0.507 e. The van der Waals surface area contributed by atoms with Crippen molar-refractivity contribution in [2.24, 2.45) is 0 Å². The molecular formula is C17H25O2. The lowest BCUT2D eigenvalue weighted by atomic mass is 9.78. The molecule has 1 rings (SSSR count). The van der Waals surface area contributed by atoms with E-state index in [4.69, 9.17) is 0 Å². The Hall–Kier alpha value is -1.31. The molecule has 2 nitrogen and oxygen atoms in total. The van der Waals surface area contributed by atoms with Crippen molar-refractivity contribution in [1.29, 1.82) is 0 Å². The Labute approximate surface area is 116 Å². The average Bonchev–Trinajstić information content (AvgIpc) is 2.24. The van der Waals surface area contributed by atoms with Gasteiger partial charge < -0.3 is 5.11 Å². The van der Waals surface area contributed by atoms with Gasteiger partial charge in [0.2, 0.25) is 0 Å². The fourth-order valence-electron chi connectivity index (χ4n) is 2.08. The fraction of sp³-hybridized carbons (Fsp3) is 0.588. The Bertz CT molecular complexity index is 459. The Balaban J connectivity index is 3.43. The third-order valence-corrected chi connectivity index (χ3v) is 3.36. The largest absolute Gasteiger partial charge is 0.507 e. The van der Waals surface area contributed by atoms with Gasteiger partial charge in [-0.1, -0.05) is 53.7 Å². The summed E-state index contributed by atoms with van der Waals surface area (Å²) in [5.74, 6) is 0.329. The topological polar surface area (TPSA) is 37.3 Å². The molecule has 19 heavy (non-hydrogen) atoms. The van der Waals surface area contributed by atoms with Crippen molar-refractivity contribution in [3.63, 3.8) is 0 Å². The van der Waals surface area contributed by atoms with Crippen molar-refractivity contribution in [2.45, 2.75) is 65.2 Å². The summed E-state index contributed by atoms with van der Waals surface area (Å²) in [5.41, 5.74) is 2.89. The molecule has 0 aromatic heterocycles. The van der Waals surface area contributed by atoms with E-state index < -0.39 is 0 Å². The maximum atomic E-state index is 10.4. The highest BCUT2D eigenvalue weighted by Crippen LogP contribution is 2.37. The maximum absolute atomic E-state index is 10.4. The van der Waals surface area contributed by atoms with Crippen LogP contribution in [0.5, 0.6) is 5.75 Å². The Morgan fingerprint density at radius 3 is 2.05 bits per heavy atom. The first-order valence-electron chi connectivity index (χ1n) is 6.79. The number of aromatic hydroxyl groups is 1. The minimum atomic E-state index is -0.120. The predicted molar refractivity (Wildman–Crippen MR) is 79.5 cm³/mol. The van der Waals surface area contributed by atoms with E-state index in [1.165, 1.54) is 5.56 Å². The lowest BCUT2D eigenvalue weighted by Crippen LogP contribution is -2.17. The third-order valence-electron chi connectivity index (χ3n) is 3.36. The summed E-state index contributed by atoms with van der Waals surface area (Å²) in [4.78, 5) is 10.4. The van der Waals surface area contributed by atoms with Crippen molar-refractivity contribution in [3.05, 3.63) is 28.8 Å². The van der Waals surface area contributed by atoms with Crippen LogP contribution >= 0.6 is 0 Å². The van der Waals surface area contributed by atoms with Crippen LogP contribution in [0.2, 0.25) is 0 Å². The van der Waals surface area contributed by atoms with Crippen LogP contribution in [0.4, 0.5) is 0 Å². The van der Waals surface area contributed by atoms with Crippen LogP contribution in [-0.2, 0) is 22.0 Å². The number of hydrogen-bond acceptors (Lipinski definition) is 2. The number of phenolic OH excluding ortho intramolecular Hbond substituents is 1. The summed E-state index contributed by atoms with van der Waals surface area (Å²) < 4.78 is 0. The average molecular weight is 261 g/mol. The van der Waals surface area contributed by atoms with Crippen LogP contribution in [0.25, 0.3) is 0 Å². The van der Waals surface area contributed by atoms with Gasteiger partial charge in [0, 0.05) is 6.42 Å². The quantitative estimate of drug-likeness (QED) is 0.892. The molecule has 1 aromatic carbocycles. The summed E-state index contributed by atoms with van der Waals surface area (Å²) in [6, 6.07) is 4.10. The second kappa shape index (κ2) is 5.36. The first kappa shape index (κ1) is 15.7. The zero-order valence-corrected chi connectivity index (χ0v) is 12.9. The molecule has 2 heteroatoms. The fourth-order valence-corrected chi connectivity index (χ4v) is 2.08. The predicted octanol–water partition coefficient (Wildman–Crippen LogP) is 4.03. The van der Waals surface area contributed by atoms with Gasteiger partial charge in [-0.3, -0.25) is 4.79 Å². The van der Waals surface area contributed by atoms with Crippen molar-refractivity contribution in [1.82, 2.24) is 0 Å². The first-order chi connectivity index (χ1) is 8.57. The number of rotatable bonds is 3. The van der Waals surface area contributed by atoms with Crippen LogP contribution in [-0.4, -0.2) is 11.4 Å². The molecule has 1 aromatic rings. The van der Waals surface area contributed by atoms with Crippen LogP contribution < -0.4 is 0 Å². The van der Waals surface area contributed by atoms with E-state index in [0.717, 1.165) is 11.1 Å². The number of phenols is 1. The van der Waals surface area contributed by atoms with Crippen LogP contribution in [0.3, 0.4) is 0 Å². The van der Waals surface area contributed by atoms with Gasteiger partial charge in [0.05, 0.1) is 0 Å². The molecule has 0 saturated carbocycles. The Morgan fingerprint density at radius 1 is 1.05 bits per heavy atom. The van der Waals surface area contributed by atoms with Crippen molar-refractivity contribution in [2.75, 3.05) is 0 Å². The van der Waals surface area contributed by atoms with Gasteiger partial charge in [0.25, 0.3) is 0 Å². The Morgan fingerprint density at radius 2 is 1.63 bits per heavy atom. The molecule has 1 radical (unpaired) electrons. The number of benzene rings is 1. The van der Waals surface area contributed by atoms with E-state index in [1.54, 1.807) is 0 Å². The van der Waals surface area contributed by atoms with Crippen LogP contribution in [0, 0.1) is 0 Å². The van der Waals surface area contributed by atoms with E-state index in [0.29, 0.717) is 18.6 Å². The molecule has 0 saturated heterocycles. The van der Waals surface area contributed by atoms with Crippen molar-refractivity contribution in [3.8, 4) is 5.75 Å². The molecule has 1 N–H and O–H groups in total. The summed E-state index contributed by atoms with van der Waals surface area (Å²) in [7, 11) is 0. The molecule has 0 aliphatic rings. The molecule has 0 aliphatic carbocycles. The number of carbonyl (C=O) groups excluding carboxylic acids is 1. The van der Waals surface area contributed by atoms with Gasteiger partial charge >= 0.3 is 0 Å². The van der Waals surface area contributed by atoms with E-state index in [-0.39, 0.29) is 10.8 Å². The van der Waals surface area contributed by atoms with Gasteiger partial charge in [0.1, 0.15) is 5.75 Å². The summed E-state index contributed by atoms with van der Waals surface area (Å²) >= 11 is 0. The molecule has 0 aliphatic heterocycles. The molecule has 0 bridgehead atoms. The summed E-state index contributed by atoms with van der Waals surface area (Å²) in [6.07, 6.45) is 2.77. The molecule has 0 atom stereocenters. The van der Waals surface area contributed by atoms with Gasteiger partial charge in [-0.05, 0) is 33.9 Å². The van der Waals surface area contributed by atoms with Crippen LogP contribution in [0.1, 0.15) is 64.7 Å². The highest BCUT2D eigenvalue weighted by atomic mass is 16.3. The molecule has 0 spiro atoms. The highest BCUT2D eigenvalue weighted by Gasteiger charge is 2.24. The number of aryl methyl sites for hydroxylation is 1. The molecule has 0 amide bonds. The second-order valence-electron chi connectivity index (χ2n) is 7.18. The molecule has 0 fully saturated rings. The zero-order chi connectivity index (χ0) is 14.8. The highest BCUT2D eigenvalue weighted by molar-refractivity contribution is 5.54. The lowest BCUT2D eigenvalue weighted by molar-refractivity contribution is 0.438. The molecule has 0 unspecified atom stereocenters. The monoisotopic (exact) mass is 261 g/mol. The third kappa shape index (κ3) is 3.82. The first-order valence-corrected chi connectivity index (χ1v) is 6.79. The standard InChI is InChI=1S/C17H25O2/c1-16(2,3)13-10-12(8-7-9-18)15(19)14(11-13)17(4,5)6/h10-11,19H,7-8H2,1-6H3. The lowest BCUT2D eigenvalue weighted by Gasteiger charge is -2.27. The smallest absolute Gasteiger partial charge is 0.198 e. The van der Waals surface area contributed by atoms with Crippen molar-refractivity contribution < 1.29 is 9.90 Å². The van der Waals surface area contributed by atoms with E-state index >= 15 is 0 Å². The maximum Gasteiger partial charge on any atom is 0.198 e. The minimum absolute atomic E-state index is 0.0212. The zero-order valence-electron chi connectivity index (χ0n) is 12.9. The summed E-state index contributed by atoms with van der Waals surface area (Å²) in [5, 5.41) is 10.4. The molecular weight excluding hydrogens is 236 g/mol. The Kier molecular flexibility index (Phi) is 4.44. The van der Waals surface area contributed by atoms with Crippen molar-refractivity contribution >= 4 is 6.29 Å². The van der Waals surface area contributed by atoms with E-state index in [9.17, 15) is 9.90 Å².